The molecule has 1 fully saturated rings. The van der Waals surface area contributed by atoms with Crippen molar-refractivity contribution in [3.8, 4) is 17.3 Å². The Labute approximate surface area is 254 Å². The first kappa shape index (κ1) is 29.1. The summed E-state index contributed by atoms with van der Waals surface area (Å²) < 4.78 is 40.1. The molecule has 1 aliphatic heterocycles. The number of allylic oxidation sites excluding steroid dienone is 1. The van der Waals surface area contributed by atoms with Crippen LogP contribution in [0.1, 0.15) is 38.2 Å². The van der Waals surface area contributed by atoms with Crippen LogP contribution in [0.2, 0.25) is 5.02 Å². The average Bonchev–Trinajstić information content (AvgIpc) is 3.56. The highest BCUT2D eigenvalue weighted by atomic mass is 35.5. The third-order valence-electron chi connectivity index (χ3n) is 7.66. The lowest BCUT2D eigenvalue weighted by atomic mass is 10.0. The number of carbonyl (C=O) groups excluding carboxylic acids is 1. The largest absolute Gasteiger partial charge is 0.439 e. The number of ketones is 1. The van der Waals surface area contributed by atoms with E-state index in [4.69, 9.17) is 26.8 Å². The number of fused-ring (bicyclic) bond motifs is 1. The number of anilines is 1. The minimum atomic E-state index is -3.48. The standard InChI is InChI=1S/C31H30ClN5O5S/c1-19-10-21-12-23(13-22(21)14-24(19)18-43(39,40)36-6-8-41-9-7-36)30(38)27-16-35-37(31(27)33)28-17-34-29(11-20(28)2)42-26-5-3-4-25(32)15-26/h3-5,10-12,14-17H,6-9,13,18,33H2,1-2H3. The molecule has 2 aromatic heterocycles. The second-order valence-electron chi connectivity index (χ2n) is 10.6. The van der Waals surface area contributed by atoms with Crippen LogP contribution in [-0.2, 0) is 26.9 Å². The summed E-state index contributed by atoms with van der Waals surface area (Å²) in [6.45, 7) is 5.28. The van der Waals surface area contributed by atoms with Crippen LogP contribution in [0.5, 0.6) is 11.6 Å². The van der Waals surface area contributed by atoms with Crippen LogP contribution in [0, 0.1) is 13.8 Å². The van der Waals surface area contributed by atoms with Crippen molar-refractivity contribution in [1.82, 2.24) is 19.1 Å². The molecule has 2 aromatic carbocycles. The van der Waals surface area contributed by atoms with Gasteiger partial charge in [0, 0.05) is 36.2 Å². The first-order valence-electron chi connectivity index (χ1n) is 13.8. The summed E-state index contributed by atoms with van der Waals surface area (Å²) in [5.74, 6) is 0.818. The van der Waals surface area contributed by atoms with Crippen molar-refractivity contribution in [3.63, 3.8) is 0 Å². The van der Waals surface area contributed by atoms with Gasteiger partial charge in [0.1, 0.15) is 11.6 Å². The number of pyridine rings is 1. The topological polar surface area (TPSA) is 130 Å². The molecule has 2 aliphatic rings. The molecular formula is C31H30ClN5O5S. The van der Waals surface area contributed by atoms with E-state index in [1.54, 1.807) is 36.5 Å². The predicted octanol–water partition coefficient (Wildman–Crippen LogP) is 4.90. The summed E-state index contributed by atoms with van der Waals surface area (Å²) in [7, 11) is -3.48. The van der Waals surface area contributed by atoms with Gasteiger partial charge in [-0.15, -0.1) is 0 Å². The fourth-order valence-corrected chi connectivity index (χ4v) is 7.09. The molecule has 0 radical (unpaired) electrons. The van der Waals surface area contributed by atoms with E-state index in [0.29, 0.717) is 60.6 Å². The van der Waals surface area contributed by atoms with Crippen LogP contribution in [0.25, 0.3) is 11.8 Å². The SMILES string of the molecule is Cc1cc2c(cc1CS(=O)(=O)N1CCOCC1)CC(C(=O)c1cnn(-c3cnc(Oc4cccc(Cl)c4)cc3C)c1N)=C2. The van der Waals surface area contributed by atoms with Crippen molar-refractivity contribution in [1.29, 1.82) is 0 Å². The summed E-state index contributed by atoms with van der Waals surface area (Å²) >= 11 is 6.05. The van der Waals surface area contributed by atoms with Crippen LogP contribution >= 0.6 is 11.6 Å². The minimum Gasteiger partial charge on any atom is -0.439 e. The molecule has 0 amide bonds. The second kappa shape index (κ2) is 11.6. The average molecular weight is 620 g/mol. The fourth-order valence-electron chi connectivity index (χ4n) is 5.32. The summed E-state index contributed by atoms with van der Waals surface area (Å²) in [6.07, 6.45) is 5.27. The number of aromatic nitrogens is 3. The van der Waals surface area contributed by atoms with Gasteiger partial charge in [-0.1, -0.05) is 29.8 Å². The van der Waals surface area contributed by atoms with Gasteiger partial charge in [-0.25, -0.2) is 18.1 Å². The van der Waals surface area contributed by atoms with Gasteiger partial charge >= 0.3 is 0 Å². The second-order valence-corrected chi connectivity index (χ2v) is 13.0. The molecule has 2 N–H and O–H groups in total. The quantitative estimate of drug-likeness (QED) is 0.276. The first-order valence-corrected chi connectivity index (χ1v) is 15.7. The van der Waals surface area contributed by atoms with Crippen LogP contribution < -0.4 is 10.5 Å². The van der Waals surface area contributed by atoms with E-state index in [1.807, 2.05) is 32.1 Å². The number of ether oxygens (including phenoxy) is 2. The zero-order chi connectivity index (χ0) is 30.3. The van der Waals surface area contributed by atoms with Gasteiger partial charge in [0.25, 0.3) is 0 Å². The molecule has 43 heavy (non-hydrogen) atoms. The Kier molecular flexibility index (Phi) is 7.82. The molecule has 0 spiro atoms. The Balaban J connectivity index is 1.19. The molecule has 0 unspecified atom stereocenters. The van der Waals surface area contributed by atoms with E-state index in [9.17, 15) is 13.2 Å². The van der Waals surface area contributed by atoms with E-state index in [-0.39, 0.29) is 22.9 Å². The molecule has 0 bridgehead atoms. The zero-order valence-corrected chi connectivity index (χ0v) is 25.3. The summed E-state index contributed by atoms with van der Waals surface area (Å²) in [5.41, 5.74) is 12.1. The Morgan fingerprint density at radius 1 is 1.09 bits per heavy atom. The summed E-state index contributed by atoms with van der Waals surface area (Å²) in [4.78, 5) is 18.0. The van der Waals surface area contributed by atoms with E-state index >= 15 is 0 Å². The third-order valence-corrected chi connectivity index (χ3v) is 9.72. The van der Waals surface area contributed by atoms with Crippen LogP contribution in [0.15, 0.2) is 60.4 Å². The van der Waals surface area contributed by atoms with Crippen molar-refractivity contribution in [2.75, 3.05) is 32.0 Å². The number of rotatable bonds is 8. The third kappa shape index (κ3) is 5.94. The van der Waals surface area contributed by atoms with Crippen LogP contribution in [-0.4, -0.2) is 59.6 Å². The highest BCUT2D eigenvalue weighted by Gasteiger charge is 2.28. The van der Waals surface area contributed by atoms with Crippen molar-refractivity contribution in [2.45, 2.75) is 26.0 Å². The molecule has 222 valence electrons. The molecule has 1 saturated heterocycles. The Morgan fingerprint density at radius 2 is 1.88 bits per heavy atom. The normalized spacial score (nSPS) is 15.3. The fraction of sp³-hybridized carbons (Fsp3) is 0.258. The maximum Gasteiger partial charge on any atom is 0.219 e. The number of morpholine rings is 1. The zero-order valence-electron chi connectivity index (χ0n) is 23.7. The van der Waals surface area contributed by atoms with E-state index in [0.717, 1.165) is 27.8 Å². The monoisotopic (exact) mass is 619 g/mol. The van der Waals surface area contributed by atoms with Gasteiger partial charge in [0.05, 0.1) is 42.6 Å². The van der Waals surface area contributed by atoms with Crippen LogP contribution in [0.3, 0.4) is 0 Å². The molecule has 1 aliphatic carbocycles. The number of nitrogens with two attached hydrogens (primary N) is 1. The maximum atomic E-state index is 13.6. The number of carbonyl (C=O) groups is 1. The molecule has 0 saturated carbocycles. The molecular weight excluding hydrogens is 590 g/mol. The maximum absolute atomic E-state index is 13.6. The number of sulfonamides is 1. The molecule has 3 heterocycles. The molecule has 0 atom stereocenters. The van der Waals surface area contributed by atoms with Gasteiger partial charge < -0.3 is 15.2 Å². The molecule has 4 aromatic rings. The lowest BCUT2D eigenvalue weighted by molar-refractivity contribution is 0.0729. The Hall–Kier alpha value is -4.03. The number of nitrogen functional groups attached to an aromatic ring is 1. The Morgan fingerprint density at radius 3 is 2.63 bits per heavy atom. The molecule has 12 heteroatoms. The van der Waals surface area contributed by atoms with Crippen LogP contribution in [0.4, 0.5) is 5.82 Å². The Bertz CT molecular complexity index is 1880. The van der Waals surface area contributed by atoms with E-state index < -0.39 is 10.0 Å². The first-order chi connectivity index (χ1) is 20.6. The smallest absolute Gasteiger partial charge is 0.219 e. The van der Waals surface area contributed by atoms with Gasteiger partial charge in [-0.2, -0.15) is 9.40 Å². The number of Topliss-reactive ketones (excluding diaryl/α,β-unsaturated/α-hetero) is 1. The highest BCUT2D eigenvalue weighted by molar-refractivity contribution is 7.88. The van der Waals surface area contributed by atoms with E-state index in [2.05, 4.69) is 10.1 Å². The van der Waals surface area contributed by atoms with Crippen molar-refractivity contribution in [3.05, 3.63) is 98.8 Å². The molecule has 6 rings (SSSR count). The number of hydrogen-bond donors (Lipinski definition) is 1. The van der Waals surface area contributed by atoms with Crippen molar-refractivity contribution >= 4 is 39.3 Å². The number of halogens is 1. The van der Waals surface area contributed by atoms with Gasteiger partial charge in [0.2, 0.25) is 15.9 Å². The van der Waals surface area contributed by atoms with Gasteiger partial charge in [-0.3, -0.25) is 4.79 Å². The van der Waals surface area contributed by atoms with Gasteiger partial charge in [-0.05, 0) is 65.9 Å². The number of benzene rings is 2. The minimum absolute atomic E-state index is 0.0918. The summed E-state index contributed by atoms with van der Waals surface area (Å²) in [6, 6.07) is 12.6. The summed E-state index contributed by atoms with van der Waals surface area (Å²) in [5, 5.41) is 4.95. The van der Waals surface area contributed by atoms with E-state index in [1.165, 1.54) is 15.2 Å². The number of hydrogen-bond acceptors (Lipinski definition) is 8. The molecule has 10 nitrogen and oxygen atoms in total. The lowest BCUT2D eigenvalue weighted by Crippen LogP contribution is -2.41. The van der Waals surface area contributed by atoms with Gasteiger partial charge in [0.15, 0.2) is 5.78 Å². The highest BCUT2D eigenvalue weighted by Crippen LogP contribution is 2.33. The number of aryl methyl sites for hydroxylation is 2. The van der Waals surface area contributed by atoms with Crippen molar-refractivity contribution in [2.24, 2.45) is 0 Å². The van der Waals surface area contributed by atoms with Crippen molar-refractivity contribution < 1.29 is 22.7 Å². The predicted molar refractivity (Wildman–Crippen MR) is 164 cm³/mol. The lowest BCUT2D eigenvalue weighted by Gasteiger charge is -2.26. The number of nitrogens with zero attached hydrogens (tertiary/aromatic N) is 4.